The maximum absolute atomic E-state index is 11.3. The van der Waals surface area contributed by atoms with Crippen molar-refractivity contribution in [3.8, 4) is 11.6 Å². The predicted molar refractivity (Wildman–Crippen MR) is 73.4 cm³/mol. The molecule has 1 aromatic heterocycles. The van der Waals surface area contributed by atoms with Gasteiger partial charge in [0.2, 0.25) is 5.88 Å². The molecule has 0 fully saturated rings. The van der Waals surface area contributed by atoms with Crippen LogP contribution >= 0.6 is 31.9 Å². The van der Waals surface area contributed by atoms with Crippen LogP contribution in [0.2, 0.25) is 0 Å². The highest BCUT2D eigenvalue weighted by molar-refractivity contribution is 9.11. The highest BCUT2D eigenvalue weighted by atomic mass is 79.9. The van der Waals surface area contributed by atoms with E-state index < -0.39 is 10.5 Å². The Morgan fingerprint density at radius 3 is 2.79 bits per heavy atom. The molecule has 19 heavy (non-hydrogen) atoms. The lowest BCUT2D eigenvalue weighted by Gasteiger charge is -2.07. The molecule has 0 saturated carbocycles. The lowest BCUT2D eigenvalue weighted by molar-refractivity contribution is -0.384. The summed E-state index contributed by atoms with van der Waals surface area (Å²) in [7, 11) is 0. The van der Waals surface area contributed by atoms with Gasteiger partial charge in [0.1, 0.15) is 4.47 Å². The number of aromatic amines is 1. The van der Waals surface area contributed by atoms with Gasteiger partial charge in [-0.3, -0.25) is 14.9 Å². The van der Waals surface area contributed by atoms with E-state index in [-0.39, 0.29) is 21.8 Å². The van der Waals surface area contributed by atoms with E-state index in [1.165, 1.54) is 24.5 Å². The number of nitro benzene ring substituents is 1. The molecule has 2 aromatic rings. The Hall–Kier alpha value is -1.74. The highest BCUT2D eigenvalue weighted by Crippen LogP contribution is 2.33. The molecule has 0 atom stereocenters. The van der Waals surface area contributed by atoms with Crippen LogP contribution in [0.4, 0.5) is 5.69 Å². The average Bonchev–Trinajstić information content (AvgIpc) is 2.37. The Morgan fingerprint density at radius 2 is 2.11 bits per heavy atom. The Kier molecular flexibility index (Phi) is 3.96. The van der Waals surface area contributed by atoms with Crippen LogP contribution < -0.4 is 10.3 Å². The van der Waals surface area contributed by atoms with Crippen LogP contribution in [-0.2, 0) is 0 Å². The van der Waals surface area contributed by atoms with E-state index in [4.69, 9.17) is 4.74 Å². The van der Waals surface area contributed by atoms with Crippen molar-refractivity contribution < 1.29 is 9.66 Å². The molecular weight excluding hydrogens is 386 g/mol. The fourth-order valence-electron chi connectivity index (χ4n) is 1.23. The summed E-state index contributed by atoms with van der Waals surface area (Å²) in [4.78, 5) is 27.7. The zero-order valence-electron chi connectivity index (χ0n) is 9.09. The van der Waals surface area contributed by atoms with Gasteiger partial charge >= 0.3 is 0 Å². The van der Waals surface area contributed by atoms with Gasteiger partial charge in [0.15, 0.2) is 5.75 Å². The molecule has 98 valence electrons. The van der Waals surface area contributed by atoms with Crippen molar-refractivity contribution in [1.82, 2.24) is 9.97 Å². The van der Waals surface area contributed by atoms with Crippen molar-refractivity contribution in [2.75, 3.05) is 0 Å². The van der Waals surface area contributed by atoms with Crippen LogP contribution in [0.25, 0.3) is 0 Å². The van der Waals surface area contributed by atoms with E-state index in [1.807, 2.05) is 0 Å². The van der Waals surface area contributed by atoms with Crippen LogP contribution in [-0.4, -0.2) is 14.9 Å². The number of nitro groups is 1. The van der Waals surface area contributed by atoms with Crippen molar-refractivity contribution in [3.63, 3.8) is 0 Å². The SMILES string of the molecule is O=c1[nH]cnc(Oc2cc([N+](=O)[O-])ccc2Br)c1Br. The van der Waals surface area contributed by atoms with Crippen molar-refractivity contribution in [2.24, 2.45) is 0 Å². The molecular formula is C10H5Br2N3O4. The van der Waals surface area contributed by atoms with Gasteiger partial charge in [-0.2, -0.15) is 0 Å². The summed E-state index contributed by atoms with van der Waals surface area (Å²) in [5.74, 6) is 0.206. The lowest BCUT2D eigenvalue weighted by Crippen LogP contribution is -2.08. The van der Waals surface area contributed by atoms with Gasteiger partial charge in [-0.05, 0) is 37.9 Å². The molecule has 0 spiro atoms. The second-order valence-corrected chi connectivity index (χ2v) is 4.97. The molecule has 2 rings (SSSR count). The van der Waals surface area contributed by atoms with Gasteiger partial charge in [-0.1, -0.05) is 0 Å². The maximum atomic E-state index is 11.3. The Balaban J connectivity index is 2.43. The lowest BCUT2D eigenvalue weighted by atomic mass is 10.3. The molecule has 0 unspecified atom stereocenters. The third-order valence-electron chi connectivity index (χ3n) is 2.10. The molecule has 0 radical (unpaired) electrons. The Morgan fingerprint density at radius 1 is 1.37 bits per heavy atom. The number of H-pyrrole nitrogens is 1. The highest BCUT2D eigenvalue weighted by Gasteiger charge is 2.14. The van der Waals surface area contributed by atoms with Gasteiger partial charge in [0, 0.05) is 6.07 Å². The molecule has 7 nitrogen and oxygen atoms in total. The van der Waals surface area contributed by atoms with Crippen LogP contribution in [0.15, 0.2) is 38.3 Å². The molecule has 0 saturated heterocycles. The number of benzene rings is 1. The Labute approximate surface area is 123 Å². The summed E-state index contributed by atoms with van der Waals surface area (Å²) in [6.07, 6.45) is 1.17. The number of hydrogen-bond donors (Lipinski definition) is 1. The van der Waals surface area contributed by atoms with Gasteiger partial charge in [0.25, 0.3) is 11.2 Å². The number of ether oxygens (including phenoxy) is 1. The molecule has 1 aromatic carbocycles. The standard InChI is InChI=1S/C10H5Br2N3O4/c11-6-2-1-5(15(17)18)3-7(6)19-10-8(12)9(16)13-4-14-10/h1-4H,(H,13,14,16). The summed E-state index contributed by atoms with van der Waals surface area (Å²) in [5, 5.41) is 10.7. The van der Waals surface area contributed by atoms with Crippen LogP contribution in [0, 0.1) is 10.1 Å². The molecule has 1 heterocycles. The van der Waals surface area contributed by atoms with E-state index in [2.05, 4.69) is 41.8 Å². The fraction of sp³-hybridized carbons (Fsp3) is 0. The van der Waals surface area contributed by atoms with Crippen molar-refractivity contribution in [1.29, 1.82) is 0 Å². The normalized spacial score (nSPS) is 10.2. The Bertz CT molecular complexity index is 701. The average molecular weight is 391 g/mol. The minimum Gasteiger partial charge on any atom is -0.436 e. The second kappa shape index (κ2) is 5.49. The van der Waals surface area contributed by atoms with Crippen molar-refractivity contribution in [3.05, 3.63) is 53.9 Å². The minimum atomic E-state index is -0.542. The zero-order chi connectivity index (χ0) is 14.0. The minimum absolute atomic E-state index is 0.0185. The first-order valence-corrected chi connectivity index (χ1v) is 6.42. The first-order valence-electron chi connectivity index (χ1n) is 4.84. The van der Waals surface area contributed by atoms with Gasteiger partial charge in [0.05, 0.1) is 21.8 Å². The number of non-ortho nitro benzene ring substituents is 1. The van der Waals surface area contributed by atoms with E-state index in [0.29, 0.717) is 4.47 Å². The summed E-state index contributed by atoms with van der Waals surface area (Å²) in [6, 6.07) is 4.05. The van der Waals surface area contributed by atoms with Crippen LogP contribution in [0.1, 0.15) is 0 Å². The maximum Gasteiger partial charge on any atom is 0.273 e. The number of nitrogens with one attached hydrogen (secondary N) is 1. The van der Waals surface area contributed by atoms with Crippen LogP contribution in [0.5, 0.6) is 11.6 Å². The summed E-state index contributed by atoms with van der Waals surface area (Å²) in [5.41, 5.74) is -0.536. The molecule has 0 bridgehead atoms. The molecule has 0 aliphatic carbocycles. The largest absolute Gasteiger partial charge is 0.436 e. The first-order chi connectivity index (χ1) is 8.99. The van der Waals surface area contributed by atoms with Crippen molar-refractivity contribution >= 4 is 37.5 Å². The molecule has 1 N–H and O–H groups in total. The monoisotopic (exact) mass is 389 g/mol. The topological polar surface area (TPSA) is 98.1 Å². The second-order valence-electron chi connectivity index (χ2n) is 3.32. The zero-order valence-corrected chi connectivity index (χ0v) is 12.3. The van der Waals surface area contributed by atoms with Crippen LogP contribution in [0.3, 0.4) is 0 Å². The summed E-state index contributed by atoms with van der Waals surface area (Å²) >= 11 is 6.23. The molecule has 9 heteroatoms. The molecule has 0 aliphatic rings. The third-order valence-corrected chi connectivity index (χ3v) is 3.45. The van der Waals surface area contributed by atoms with E-state index in [0.717, 1.165) is 0 Å². The quantitative estimate of drug-likeness (QED) is 0.641. The number of rotatable bonds is 3. The molecule has 0 amide bonds. The third kappa shape index (κ3) is 2.99. The molecule has 0 aliphatic heterocycles. The number of hydrogen-bond acceptors (Lipinski definition) is 5. The predicted octanol–water partition coefficient (Wildman–Crippen LogP) is 3.00. The van der Waals surface area contributed by atoms with Gasteiger partial charge < -0.3 is 9.72 Å². The van der Waals surface area contributed by atoms with E-state index in [9.17, 15) is 14.9 Å². The smallest absolute Gasteiger partial charge is 0.273 e. The fourth-order valence-corrected chi connectivity index (χ4v) is 1.85. The number of nitrogens with zero attached hydrogens (tertiary/aromatic N) is 2. The van der Waals surface area contributed by atoms with Gasteiger partial charge in [-0.15, -0.1) is 0 Å². The summed E-state index contributed by atoms with van der Waals surface area (Å²) < 4.78 is 5.99. The van der Waals surface area contributed by atoms with E-state index in [1.54, 1.807) is 0 Å². The first kappa shape index (κ1) is 13.7. The number of aromatic nitrogens is 2. The van der Waals surface area contributed by atoms with E-state index >= 15 is 0 Å². The summed E-state index contributed by atoms with van der Waals surface area (Å²) in [6.45, 7) is 0. The van der Waals surface area contributed by atoms with Crippen molar-refractivity contribution in [2.45, 2.75) is 0 Å². The number of halogens is 2. The van der Waals surface area contributed by atoms with Gasteiger partial charge in [-0.25, -0.2) is 4.98 Å².